The molecule has 0 fully saturated rings. The molecule has 0 saturated carbocycles. The van der Waals surface area contributed by atoms with Gasteiger partial charge in [-0.05, 0) is 79.3 Å². The number of rotatable bonds is 15. The molecule has 0 aliphatic carbocycles. The van der Waals surface area contributed by atoms with Gasteiger partial charge < -0.3 is 19.9 Å². The van der Waals surface area contributed by atoms with Crippen molar-refractivity contribution in [2.75, 3.05) is 13.2 Å². The molecular weight excluding hydrogens is 588 g/mol. The number of thiazole rings is 1. The van der Waals surface area contributed by atoms with Gasteiger partial charge in [-0.25, -0.2) is 14.6 Å². The topological polar surface area (TPSA) is 115 Å². The number of nitrogens with zero attached hydrogens (tertiary/aromatic N) is 1. The fourth-order valence-corrected chi connectivity index (χ4v) is 5.60. The molecule has 0 aliphatic rings. The molecule has 4 rings (SSSR count). The number of hydrogen-bond donors (Lipinski definition) is 2. The zero-order valence-corrected chi connectivity index (χ0v) is 26.6. The summed E-state index contributed by atoms with van der Waals surface area (Å²) in [5, 5.41) is 12.6. The lowest BCUT2D eigenvalue weighted by molar-refractivity contribution is -0.145. The first kappa shape index (κ1) is 33.1. The Labute approximate surface area is 267 Å². The Morgan fingerprint density at radius 1 is 0.933 bits per heavy atom. The van der Waals surface area contributed by atoms with Crippen molar-refractivity contribution in [1.82, 2.24) is 10.3 Å². The number of esters is 1. The molecule has 234 valence electrons. The maximum absolute atomic E-state index is 12.6. The van der Waals surface area contributed by atoms with Crippen LogP contribution in [0.3, 0.4) is 0 Å². The van der Waals surface area contributed by atoms with Crippen molar-refractivity contribution >= 4 is 35.3 Å². The predicted molar refractivity (Wildman–Crippen MR) is 177 cm³/mol. The maximum Gasteiger partial charge on any atom is 0.365 e. The largest absolute Gasteiger partial charge is 0.482 e. The molecule has 0 radical (unpaired) electrons. The highest BCUT2D eigenvalue weighted by Gasteiger charge is 2.19. The quantitative estimate of drug-likeness (QED) is 0.0788. The van der Waals surface area contributed by atoms with E-state index in [4.69, 9.17) is 9.47 Å². The monoisotopic (exact) mass is 626 g/mol. The summed E-state index contributed by atoms with van der Waals surface area (Å²) < 4.78 is 10.3. The lowest BCUT2D eigenvalue weighted by Crippen LogP contribution is -2.24. The molecule has 2 N–H and O–H groups in total. The number of aromatic nitrogens is 1. The van der Waals surface area contributed by atoms with Crippen LogP contribution in [0.15, 0.2) is 78.9 Å². The van der Waals surface area contributed by atoms with Crippen molar-refractivity contribution in [1.29, 1.82) is 0 Å². The Morgan fingerprint density at radius 2 is 1.62 bits per heavy atom. The third kappa shape index (κ3) is 9.61. The lowest BCUT2D eigenvalue weighted by Gasteiger charge is -2.13. The molecule has 1 unspecified atom stereocenters. The minimum absolute atomic E-state index is 0.0245. The zero-order chi connectivity index (χ0) is 32.2. The van der Waals surface area contributed by atoms with Crippen LogP contribution in [-0.2, 0) is 20.7 Å². The molecule has 9 heteroatoms. The minimum Gasteiger partial charge on any atom is -0.482 e. The Balaban J connectivity index is 1.41. The van der Waals surface area contributed by atoms with Crippen LogP contribution in [-0.4, -0.2) is 41.2 Å². The van der Waals surface area contributed by atoms with Gasteiger partial charge in [0.1, 0.15) is 5.75 Å². The van der Waals surface area contributed by atoms with E-state index in [1.165, 1.54) is 30.9 Å². The number of carbonyl (C=O) groups excluding carboxylic acids is 2. The first-order valence-electron chi connectivity index (χ1n) is 15.1. The van der Waals surface area contributed by atoms with Crippen LogP contribution in [0.25, 0.3) is 27.8 Å². The second kappa shape index (κ2) is 16.4. The smallest absolute Gasteiger partial charge is 0.365 e. The summed E-state index contributed by atoms with van der Waals surface area (Å²) in [5.74, 6) is -1.28. The van der Waals surface area contributed by atoms with Crippen LogP contribution >= 0.6 is 11.3 Å². The number of hydrogen-bond acceptors (Lipinski definition) is 7. The molecule has 1 atom stereocenters. The van der Waals surface area contributed by atoms with E-state index in [1.54, 1.807) is 37.3 Å². The molecule has 0 saturated heterocycles. The summed E-state index contributed by atoms with van der Waals surface area (Å²) >= 11 is 1.09. The number of amides is 1. The summed E-state index contributed by atoms with van der Waals surface area (Å²) in [6, 6.07) is 22.7. The van der Waals surface area contributed by atoms with E-state index in [2.05, 4.69) is 41.5 Å². The van der Waals surface area contributed by atoms with E-state index in [0.29, 0.717) is 21.9 Å². The molecule has 4 aromatic rings. The molecular formula is C36H38N2O6S. The molecule has 0 aliphatic heterocycles. The number of nitrogens with one attached hydrogen (secondary N) is 1. The van der Waals surface area contributed by atoms with Crippen LogP contribution in [0.5, 0.6) is 5.75 Å². The average molecular weight is 627 g/mol. The highest BCUT2D eigenvalue weighted by atomic mass is 32.1. The lowest BCUT2D eigenvalue weighted by atomic mass is 10.0. The minimum atomic E-state index is -1.11. The van der Waals surface area contributed by atoms with Gasteiger partial charge in [0, 0.05) is 11.6 Å². The molecule has 3 aromatic carbocycles. The van der Waals surface area contributed by atoms with Gasteiger partial charge >= 0.3 is 11.9 Å². The van der Waals surface area contributed by atoms with Crippen LogP contribution in [0.1, 0.15) is 72.6 Å². The summed E-state index contributed by atoms with van der Waals surface area (Å²) in [4.78, 5) is 41.0. The van der Waals surface area contributed by atoms with Gasteiger partial charge in [-0.1, -0.05) is 68.3 Å². The zero-order valence-electron chi connectivity index (χ0n) is 25.7. The first-order valence-corrected chi connectivity index (χ1v) is 15.9. The maximum atomic E-state index is 12.6. The van der Waals surface area contributed by atoms with E-state index in [-0.39, 0.29) is 30.2 Å². The average Bonchev–Trinajstić information content (AvgIpc) is 3.50. The highest BCUT2D eigenvalue weighted by molar-refractivity contribution is 7.17. The Bertz CT molecular complexity index is 1610. The Morgan fingerprint density at radius 3 is 2.27 bits per heavy atom. The first-order chi connectivity index (χ1) is 21.8. The van der Waals surface area contributed by atoms with Crippen molar-refractivity contribution in [3.8, 4) is 27.4 Å². The number of benzene rings is 3. The molecule has 1 aromatic heterocycles. The van der Waals surface area contributed by atoms with Gasteiger partial charge in [0.15, 0.2) is 6.61 Å². The molecule has 0 bridgehead atoms. The van der Waals surface area contributed by atoms with Crippen molar-refractivity contribution in [3.05, 3.63) is 101 Å². The van der Waals surface area contributed by atoms with E-state index in [0.717, 1.165) is 34.4 Å². The number of carboxylic acid groups (broad SMARTS) is 1. The van der Waals surface area contributed by atoms with Gasteiger partial charge in [0.05, 0.1) is 23.2 Å². The van der Waals surface area contributed by atoms with Crippen molar-refractivity contribution in [2.24, 2.45) is 0 Å². The van der Waals surface area contributed by atoms with E-state index in [9.17, 15) is 19.5 Å². The van der Waals surface area contributed by atoms with Gasteiger partial charge in [-0.15, -0.1) is 11.3 Å². The third-order valence-electron chi connectivity index (χ3n) is 7.11. The number of carbonyl (C=O) groups is 3. The molecule has 0 spiro atoms. The van der Waals surface area contributed by atoms with Crippen molar-refractivity contribution in [3.63, 3.8) is 0 Å². The Kier molecular flexibility index (Phi) is 12.0. The van der Waals surface area contributed by atoms with E-state index >= 15 is 0 Å². The number of aryl methyl sites for hydroxylation is 1. The third-order valence-corrected chi connectivity index (χ3v) is 8.20. The Hall–Kier alpha value is -4.76. The van der Waals surface area contributed by atoms with Gasteiger partial charge in [-0.2, -0.15) is 0 Å². The van der Waals surface area contributed by atoms with E-state index < -0.39 is 11.9 Å². The number of unbranched alkanes of at least 4 members (excludes halogenated alkanes) is 2. The van der Waals surface area contributed by atoms with E-state index in [1.807, 2.05) is 31.2 Å². The normalized spacial score (nSPS) is 11.7. The van der Waals surface area contributed by atoms with Crippen molar-refractivity contribution < 1.29 is 29.0 Å². The molecule has 1 heterocycles. The standard InChI is InChI=1S/C36H38N2O6S/c1-4-6-7-8-25-9-14-27(15-10-25)24(3)37-31(39)22-13-26-11-16-29(17-12-26)34-33(38-35(45-34)36(41)42)28-18-20-30(21-19-28)44-23-32(40)43-5-2/h9-22,24H,4-8,23H2,1-3H3,(H,37,39)(H,41,42). The summed E-state index contributed by atoms with van der Waals surface area (Å²) in [6.45, 7) is 5.97. The second-order valence-corrected chi connectivity index (χ2v) is 11.5. The van der Waals surface area contributed by atoms with Crippen LogP contribution in [0.4, 0.5) is 0 Å². The van der Waals surface area contributed by atoms with Gasteiger partial charge in [0.25, 0.3) is 0 Å². The number of ether oxygens (including phenoxy) is 2. The predicted octanol–water partition coefficient (Wildman–Crippen LogP) is 7.74. The van der Waals surface area contributed by atoms with Gasteiger partial charge in [-0.3, -0.25) is 4.79 Å². The SMILES string of the molecule is CCCCCc1ccc(C(C)NC(=O)C=Cc2ccc(-c3sc(C(=O)O)nc3-c3ccc(OCC(=O)OCC)cc3)cc2)cc1. The van der Waals surface area contributed by atoms with Crippen LogP contribution in [0, 0.1) is 0 Å². The summed E-state index contributed by atoms with van der Waals surface area (Å²) in [7, 11) is 0. The van der Waals surface area contributed by atoms with Crippen LogP contribution in [0.2, 0.25) is 0 Å². The molecule has 1 amide bonds. The molecule has 8 nitrogen and oxygen atoms in total. The second-order valence-electron chi connectivity index (χ2n) is 10.5. The number of aromatic carboxylic acids is 1. The molecule has 45 heavy (non-hydrogen) atoms. The van der Waals surface area contributed by atoms with Crippen molar-refractivity contribution in [2.45, 2.75) is 52.5 Å². The fraction of sp³-hybridized carbons (Fsp3) is 0.278. The van der Waals surface area contributed by atoms with Crippen LogP contribution < -0.4 is 10.1 Å². The number of carboxylic acids is 1. The van der Waals surface area contributed by atoms with Gasteiger partial charge in [0.2, 0.25) is 10.9 Å². The highest BCUT2D eigenvalue weighted by Crippen LogP contribution is 2.37. The summed E-state index contributed by atoms with van der Waals surface area (Å²) in [6.07, 6.45) is 7.95. The fourth-order valence-electron chi connectivity index (χ4n) is 4.67. The summed E-state index contributed by atoms with van der Waals surface area (Å²) in [5.41, 5.74) is 5.23.